The lowest BCUT2D eigenvalue weighted by atomic mass is 9.88. The van der Waals surface area contributed by atoms with E-state index in [-0.39, 0.29) is 39.2 Å². The van der Waals surface area contributed by atoms with E-state index in [0.29, 0.717) is 0 Å². The Morgan fingerprint density at radius 1 is 1.24 bits per heavy atom. The highest BCUT2D eigenvalue weighted by molar-refractivity contribution is 6.07. The van der Waals surface area contributed by atoms with E-state index < -0.39 is 37.2 Å². The van der Waals surface area contributed by atoms with Gasteiger partial charge in [-0.05, 0) is 42.3 Å². The summed E-state index contributed by atoms with van der Waals surface area (Å²) in [6, 6.07) is 10.8. The number of alkyl halides is 2. The lowest BCUT2D eigenvalue weighted by molar-refractivity contribution is 0.0942. The Morgan fingerprint density at radius 3 is 2.50 bits per heavy atom. The van der Waals surface area contributed by atoms with Crippen LogP contribution in [0.15, 0.2) is 53.7 Å². The van der Waals surface area contributed by atoms with Crippen molar-refractivity contribution in [3.8, 4) is 12.1 Å². The van der Waals surface area contributed by atoms with Gasteiger partial charge in [0.2, 0.25) is 5.96 Å². The topological polar surface area (TPSA) is 161 Å². The number of guanidine groups is 1. The molecule has 0 spiro atoms. The van der Waals surface area contributed by atoms with Gasteiger partial charge in [0.1, 0.15) is 12.1 Å². The van der Waals surface area contributed by atoms with Crippen LogP contribution in [0.5, 0.6) is 0 Å². The Hall–Kier alpha value is -4.32. The number of nitrogens with zero attached hydrogens (tertiary/aromatic N) is 4. The molecular formula is C23H20F2N6O3. The number of urea groups is 1. The van der Waals surface area contributed by atoms with Gasteiger partial charge in [-0.25, -0.2) is 13.6 Å². The predicted molar refractivity (Wildman–Crippen MR) is 117 cm³/mol. The lowest BCUT2D eigenvalue weighted by Gasteiger charge is -2.42. The second-order valence-corrected chi connectivity index (χ2v) is 7.43. The molecule has 0 aromatic heterocycles. The van der Waals surface area contributed by atoms with Crippen molar-refractivity contribution in [1.82, 2.24) is 4.90 Å². The van der Waals surface area contributed by atoms with Crippen LogP contribution < -0.4 is 10.6 Å². The van der Waals surface area contributed by atoms with E-state index in [2.05, 4.69) is 0 Å². The van der Waals surface area contributed by atoms with Gasteiger partial charge in [0.05, 0.1) is 29.9 Å². The largest absolute Gasteiger partial charge is 0.393 e. The van der Waals surface area contributed by atoms with E-state index in [1.54, 1.807) is 0 Å². The SMILES string of the molecule is CC1=C(C#N)[C@@H](c2ccc(C#N)cc2C(O)CO)N(C(N)=O)C(=N)N1c1cccc(C(F)F)c1. The summed E-state index contributed by atoms with van der Waals surface area (Å²) in [7, 11) is 0. The smallest absolute Gasteiger partial charge is 0.322 e. The molecule has 9 nitrogen and oxygen atoms in total. The second kappa shape index (κ2) is 9.67. The molecule has 2 atom stereocenters. The quantitative estimate of drug-likeness (QED) is 0.529. The van der Waals surface area contributed by atoms with Gasteiger partial charge in [0.15, 0.2) is 0 Å². The minimum absolute atomic E-state index is 0.0478. The van der Waals surface area contributed by atoms with E-state index in [0.717, 1.165) is 15.9 Å². The Bertz CT molecular complexity index is 1260. The Balaban J connectivity index is 2.30. The van der Waals surface area contributed by atoms with Crippen molar-refractivity contribution in [3.05, 3.63) is 76.0 Å². The molecule has 1 aliphatic heterocycles. The van der Waals surface area contributed by atoms with Crippen LogP contribution in [0.4, 0.5) is 19.3 Å². The number of nitriles is 2. The number of carbonyl (C=O) groups excluding carboxylic acids is 1. The molecule has 5 N–H and O–H groups in total. The molecule has 3 rings (SSSR count). The number of aliphatic hydroxyl groups is 2. The first kappa shape index (κ1) is 24.3. The van der Waals surface area contributed by atoms with Crippen LogP contribution in [-0.4, -0.2) is 33.7 Å². The van der Waals surface area contributed by atoms with Crippen LogP contribution in [0.1, 0.15) is 47.7 Å². The normalized spacial score (nSPS) is 16.9. The van der Waals surface area contributed by atoms with Crippen LogP contribution in [0.2, 0.25) is 0 Å². The number of amides is 2. The van der Waals surface area contributed by atoms with Crippen molar-refractivity contribution in [2.45, 2.75) is 25.5 Å². The van der Waals surface area contributed by atoms with Gasteiger partial charge in [-0.3, -0.25) is 15.2 Å². The third-order valence-corrected chi connectivity index (χ3v) is 5.48. The van der Waals surface area contributed by atoms with Crippen molar-refractivity contribution >= 4 is 17.7 Å². The molecule has 0 aliphatic carbocycles. The third kappa shape index (κ3) is 4.18. The fourth-order valence-corrected chi connectivity index (χ4v) is 3.90. The number of aliphatic hydroxyl groups excluding tert-OH is 2. The van der Waals surface area contributed by atoms with Crippen molar-refractivity contribution in [1.29, 1.82) is 15.9 Å². The van der Waals surface area contributed by atoms with Gasteiger partial charge in [0, 0.05) is 16.9 Å². The Morgan fingerprint density at radius 2 is 1.94 bits per heavy atom. The molecule has 34 heavy (non-hydrogen) atoms. The van der Waals surface area contributed by atoms with E-state index in [4.69, 9.17) is 11.1 Å². The van der Waals surface area contributed by atoms with Gasteiger partial charge < -0.3 is 15.9 Å². The van der Waals surface area contributed by atoms with Gasteiger partial charge >= 0.3 is 6.03 Å². The molecule has 0 saturated heterocycles. The van der Waals surface area contributed by atoms with Crippen molar-refractivity contribution in [2.75, 3.05) is 11.5 Å². The highest BCUT2D eigenvalue weighted by Crippen LogP contribution is 2.41. The number of hydrogen-bond acceptors (Lipinski definition) is 6. The molecule has 1 unspecified atom stereocenters. The monoisotopic (exact) mass is 466 g/mol. The Kier molecular flexibility index (Phi) is 6.92. The van der Waals surface area contributed by atoms with Gasteiger partial charge in [-0.15, -0.1) is 0 Å². The number of rotatable bonds is 5. The van der Waals surface area contributed by atoms with E-state index in [1.165, 1.54) is 43.3 Å². The summed E-state index contributed by atoms with van der Waals surface area (Å²) in [6.07, 6.45) is -4.23. The maximum atomic E-state index is 13.3. The number of benzene rings is 2. The van der Waals surface area contributed by atoms with Crippen LogP contribution in [0.25, 0.3) is 0 Å². The van der Waals surface area contributed by atoms with E-state index in [1.807, 2.05) is 12.1 Å². The first-order chi connectivity index (χ1) is 16.2. The van der Waals surface area contributed by atoms with Crippen molar-refractivity contribution < 1.29 is 23.8 Å². The minimum atomic E-state index is -2.78. The highest BCUT2D eigenvalue weighted by Gasteiger charge is 2.42. The molecule has 0 fully saturated rings. The molecular weight excluding hydrogens is 446 g/mol. The summed E-state index contributed by atoms with van der Waals surface area (Å²) in [4.78, 5) is 14.4. The third-order valence-electron chi connectivity index (χ3n) is 5.48. The summed E-state index contributed by atoms with van der Waals surface area (Å²) in [5, 5.41) is 47.8. The standard InChI is InChI=1S/C23H20F2N6O3/c1-12-18(10-27)20(16-6-5-13(9-26)7-17(16)19(33)11-32)31(23(29)34)22(28)30(12)15-4-2-3-14(8-15)21(24)25/h2-8,19-21,28,32-33H,11H2,1H3,(H2,29,34)/t19?,20-/m1/s1. The molecule has 0 bridgehead atoms. The zero-order valence-corrected chi connectivity index (χ0v) is 17.9. The number of anilines is 1. The number of allylic oxidation sites excluding steroid dienone is 1. The maximum absolute atomic E-state index is 13.3. The van der Waals surface area contributed by atoms with Crippen molar-refractivity contribution in [2.24, 2.45) is 5.73 Å². The van der Waals surface area contributed by atoms with Crippen molar-refractivity contribution in [3.63, 3.8) is 0 Å². The fourth-order valence-electron chi connectivity index (χ4n) is 3.90. The molecule has 2 aromatic rings. The molecule has 2 amide bonds. The van der Waals surface area contributed by atoms with Gasteiger partial charge in [-0.2, -0.15) is 10.5 Å². The number of hydrogen-bond donors (Lipinski definition) is 4. The molecule has 11 heteroatoms. The molecule has 2 aromatic carbocycles. The first-order valence-corrected chi connectivity index (χ1v) is 9.95. The number of primary amides is 1. The Labute approximate surface area is 193 Å². The number of nitrogens with one attached hydrogen (secondary N) is 1. The number of nitrogens with two attached hydrogens (primary N) is 1. The zero-order chi connectivity index (χ0) is 25.2. The van der Waals surface area contributed by atoms with Crippen LogP contribution in [-0.2, 0) is 0 Å². The summed E-state index contributed by atoms with van der Waals surface area (Å²) < 4.78 is 26.5. The summed E-state index contributed by atoms with van der Waals surface area (Å²) in [6.45, 7) is 0.777. The van der Waals surface area contributed by atoms with E-state index in [9.17, 15) is 34.3 Å². The molecule has 0 saturated carbocycles. The van der Waals surface area contributed by atoms with Crippen LogP contribution in [0, 0.1) is 28.1 Å². The van der Waals surface area contributed by atoms with Gasteiger partial charge in [0.25, 0.3) is 6.43 Å². The average Bonchev–Trinajstić information content (AvgIpc) is 2.82. The summed E-state index contributed by atoms with van der Waals surface area (Å²) >= 11 is 0. The average molecular weight is 466 g/mol. The highest BCUT2D eigenvalue weighted by atomic mass is 19.3. The molecule has 174 valence electrons. The number of carbonyl (C=O) groups is 1. The van der Waals surface area contributed by atoms with Crippen LogP contribution >= 0.6 is 0 Å². The maximum Gasteiger partial charge on any atom is 0.322 e. The molecule has 1 aliphatic rings. The zero-order valence-electron chi connectivity index (χ0n) is 17.9. The van der Waals surface area contributed by atoms with Gasteiger partial charge in [-0.1, -0.05) is 18.2 Å². The molecule has 0 radical (unpaired) electrons. The predicted octanol–water partition coefficient (Wildman–Crippen LogP) is 3.20. The van der Waals surface area contributed by atoms with Crippen LogP contribution in [0.3, 0.4) is 0 Å². The van der Waals surface area contributed by atoms with E-state index >= 15 is 0 Å². The summed E-state index contributed by atoms with van der Waals surface area (Å²) in [5.41, 5.74) is 5.91. The summed E-state index contributed by atoms with van der Waals surface area (Å²) in [5.74, 6) is -0.505. The first-order valence-electron chi connectivity index (χ1n) is 9.95. The lowest BCUT2D eigenvalue weighted by Crippen LogP contribution is -2.54. The second-order valence-electron chi connectivity index (χ2n) is 7.43. The minimum Gasteiger partial charge on any atom is -0.393 e. The fraction of sp³-hybridized carbons (Fsp3) is 0.217. The molecule has 1 heterocycles. The number of halogens is 2.